The molecule has 3 N–H and O–H groups in total. The molecule has 2 aromatic carbocycles. The Morgan fingerprint density at radius 1 is 1.17 bits per heavy atom. The molecule has 0 aliphatic carbocycles. The summed E-state index contributed by atoms with van der Waals surface area (Å²) >= 11 is 5.74. The van der Waals surface area contributed by atoms with Crippen LogP contribution < -0.4 is 14.8 Å². The summed E-state index contributed by atoms with van der Waals surface area (Å²) in [4.78, 5) is 24.1. The highest BCUT2D eigenvalue weighted by Gasteiger charge is 2.31. The van der Waals surface area contributed by atoms with E-state index in [2.05, 4.69) is 10.0 Å². The third-order valence-corrected chi connectivity index (χ3v) is 5.55. The van der Waals surface area contributed by atoms with Crippen molar-refractivity contribution in [1.82, 2.24) is 4.72 Å². The summed E-state index contributed by atoms with van der Waals surface area (Å²) in [5.41, 5.74) is 0.422. The number of rotatable bonds is 9. The second-order valence-corrected chi connectivity index (χ2v) is 8.33. The second-order valence-electron chi connectivity index (χ2n) is 6.18. The van der Waals surface area contributed by atoms with Gasteiger partial charge >= 0.3 is 5.97 Å². The van der Waals surface area contributed by atoms with E-state index in [1.807, 2.05) is 0 Å². The van der Waals surface area contributed by atoms with Crippen LogP contribution in [0.15, 0.2) is 53.4 Å². The van der Waals surface area contributed by atoms with Crippen molar-refractivity contribution in [2.75, 3.05) is 19.0 Å². The zero-order valence-corrected chi connectivity index (χ0v) is 17.7. The smallest absolute Gasteiger partial charge is 0.327 e. The van der Waals surface area contributed by atoms with Crippen LogP contribution in [0.25, 0.3) is 0 Å². The maximum absolute atomic E-state index is 12.4. The fourth-order valence-corrected chi connectivity index (χ4v) is 3.70. The van der Waals surface area contributed by atoms with E-state index in [1.54, 1.807) is 24.3 Å². The molecule has 11 heteroatoms. The van der Waals surface area contributed by atoms with Gasteiger partial charge in [-0.05, 0) is 43.3 Å². The average molecular weight is 457 g/mol. The zero-order valence-electron chi connectivity index (χ0n) is 16.2. The number of anilines is 1. The van der Waals surface area contributed by atoms with Gasteiger partial charge in [0.15, 0.2) is 6.61 Å². The number of benzene rings is 2. The second kappa shape index (κ2) is 10.4. The molecular weight excluding hydrogens is 436 g/mol. The largest absolute Gasteiger partial charge is 0.497 e. The molecule has 0 heterocycles. The third kappa shape index (κ3) is 6.70. The Hall–Kier alpha value is -2.66. The first kappa shape index (κ1) is 23.6. The van der Waals surface area contributed by atoms with Gasteiger partial charge in [-0.25, -0.2) is 8.42 Å². The van der Waals surface area contributed by atoms with E-state index in [4.69, 9.17) is 21.1 Å². The summed E-state index contributed by atoms with van der Waals surface area (Å²) in [5.74, 6) is -1.24. The molecule has 9 nitrogen and oxygen atoms in total. The molecule has 0 saturated carbocycles. The summed E-state index contributed by atoms with van der Waals surface area (Å²) in [7, 11) is -2.67. The Morgan fingerprint density at radius 3 is 2.43 bits per heavy atom. The molecule has 0 aliphatic rings. The number of amides is 1. The van der Waals surface area contributed by atoms with Gasteiger partial charge < -0.3 is 19.9 Å². The minimum absolute atomic E-state index is 0.152. The highest BCUT2D eigenvalue weighted by molar-refractivity contribution is 7.89. The topological polar surface area (TPSA) is 131 Å². The molecule has 0 bridgehead atoms. The number of esters is 1. The van der Waals surface area contributed by atoms with Crippen LogP contribution in [0.5, 0.6) is 5.75 Å². The van der Waals surface area contributed by atoms with Crippen molar-refractivity contribution in [2.45, 2.75) is 24.0 Å². The lowest BCUT2D eigenvalue weighted by molar-refractivity contribution is -0.151. The van der Waals surface area contributed by atoms with Gasteiger partial charge in [0.2, 0.25) is 10.0 Å². The summed E-state index contributed by atoms with van der Waals surface area (Å²) in [6, 6.07) is 10.2. The average Bonchev–Trinajstić information content (AvgIpc) is 2.70. The third-order valence-electron chi connectivity index (χ3n) is 3.84. The fourth-order valence-electron chi connectivity index (χ4n) is 2.32. The highest BCUT2D eigenvalue weighted by Crippen LogP contribution is 2.17. The molecule has 0 radical (unpaired) electrons. The van der Waals surface area contributed by atoms with Crippen molar-refractivity contribution < 1.29 is 32.6 Å². The van der Waals surface area contributed by atoms with Gasteiger partial charge in [0.05, 0.1) is 18.1 Å². The lowest BCUT2D eigenvalue weighted by Gasteiger charge is -2.20. The molecule has 162 valence electrons. The van der Waals surface area contributed by atoms with Gasteiger partial charge in [-0.15, -0.1) is 0 Å². The van der Waals surface area contributed by atoms with Gasteiger partial charge in [-0.3, -0.25) is 9.59 Å². The standard InChI is InChI=1S/C19H21ClN2O7S/c1-12(23)18(22-30(26,27)16-8-6-13(20)7-9-16)19(25)29-11-17(24)21-14-4-3-5-15(10-14)28-2/h3-10,12,18,22-23H,11H2,1-2H3,(H,21,24)/t12-,18+/m1/s1. The van der Waals surface area contributed by atoms with Gasteiger partial charge in [-0.2, -0.15) is 4.72 Å². The van der Waals surface area contributed by atoms with Crippen LogP contribution in [0.4, 0.5) is 5.69 Å². The number of hydrogen-bond acceptors (Lipinski definition) is 7. The molecule has 0 saturated heterocycles. The first-order valence-electron chi connectivity index (χ1n) is 8.69. The Morgan fingerprint density at radius 2 is 1.83 bits per heavy atom. The number of sulfonamides is 1. The van der Waals surface area contributed by atoms with E-state index in [0.717, 1.165) is 0 Å². The number of methoxy groups -OCH3 is 1. The van der Waals surface area contributed by atoms with Crippen molar-refractivity contribution >= 4 is 39.2 Å². The molecule has 2 aromatic rings. The van der Waals surface area contributed by atoms with Gasteiger partial charge in [-0.1, -0.05) is 17.7 Å². The Kier molecular flexibility index (Phi) is 8.18. The van der Waals surface area contributed by atoms with Crippen molar-refractivity contribution in [1.29, 1.82) is 0 Å². The van der Waals surface area contributed by atoms with Crippen molar-refractivity contribution in [3.8, 4) is 5.75 Å². The number of carbonyl (C=O) groups excluding carboxylic acids is 2. The van der Waals surface area contributed by atoms with E-state index in [1.165, 1.54) is 38.3 Å². The Balaban J connectivity index is 1.99. The molecule has 0 aliphatic heterocycles. The molecule has 0 aromatic heterocycles. The van der Waals surface area contributed by atoms with Gasteiger partial charge in [0.25, 0.3) is 5.91 Å². The number of ether oxygens (including phenoxy) is 2. The molecule has 2 rings (SSSR count). The summed E-state index contributed by atoms with van der Waals surface area (Å²) in [5, 5.41) is 12.7. The predicted molar refractivity (Wildman–Crippen MR) is 110 cm³/mol. The van der Waals surface area contributed by atoms with Crippen LogP contribution in [0.1, 0.15) is 6.92 Å². The maximum atomic E-state index is 12.4. The summed E-state index contributed by atoms with van der Waals surface area (Å²) in [6.07, 6.45) is -1.42. The van der Waals surface area contributed by atoms with Crippen LogP contribution in [-0.2, 0) is 24.3 Å². The molecule has 0 unspecified atom stereocenters. The molecule has 1 amide bonds. The number of hydrogen-bond donors (Lipinski definition) is 3. The Bertz CT molecular complexity index is 994. The minimum atomic E-state index is -4.15. The van der Waals surface area contributed by atoms with Gasteiger partial charge in [0.1, 0.15) is 11.8 Å². The van der Waals surface area contributed by atoms with E-state index in [-0.39, 0.29) is 4.90 Å². The van der Waals surface area contributed by atoms with E-state index < -0.39 is 40.7 Å². The summed E-state index contributed by atoms with van der Waals surface area (Å²) in [6.45, 7) is 0.536. The van der Waals surface area contributed by atoms with Crippen LogP contribution in [0.3, 0.4) is 0 Å². The molecule has 0 fully saturated rings. The first-order valence-corrected chi connectivity index (χ1v) is 10.5. The number of nitrogens with one attached hydrogen (secondary N) is 2. The molecular formula is C19H21ClN2O7S. The quantitative estimate of drug-likeness (QED) is 0.488. The van der Waals surface area contributed by atoms with Crippen molar-refractivity contribution in [3.63, 3.8) is 0 Å². The van der Waals surface area contributed by atoms with Crippen LogP contribution >= 0.6 is 11.6 Å². The lowest BCUT2D eigenvalue weighted by Crippen LogP contribution is -2.48. The number of aliphatic hydroxyl groups is 1. The monoisotopic (exact) mass is 456 g/mol. The highest BCUT2D eigenvalue weighted by atomic mass is 35.5. The number of halogens is 1. The van der Waals surface area contributed by atoms with E-state index >= 15 is 0 Å². The molecule has 2 atom stereocenters. The first-order chi connectivity index (χ1) is 14.1. The predicted octanol–water partition coefficient (Wildman–Crippen LogP) is 1.56. The van der Waals surface area contributed by atoms with Crippen molar-refractivity contribution in [3.05, 3.63) is 53.6 Å². The van der Waals surface area contributed by atoms with Crippen LogP contribution in [0, 0.1) is 0 Å². The van der Waals surface area contributed by atoms with E-state index in [9.17, 15) is 23.1 Å². The maximum Gasteiger partial charge on any atom is 0.327 e. The van der Waals surface area contributed by atoms with Crippen LogP contribution in [0.2, 0.25) is 5.02 Å². The molecule has 30 heavy (non-hydrogen) atoms. The SMILES string of the molecule is COc1cccc(NC(=O)COC(=O)[C@@H](NS(=O)(=O)c2ccc(Cl)cc2)[C@@H](C)O)c1. The molecule has 0 spiro atoms. The van der Waals surface area contributed by atoms with Gasteiger partial charge in [0, 0.05) is 16.8 Å². The van der Waals surface area contributed by atoms with Crippen LogP contribution in [-0.4, -0.2) is 51.3 Å². The normalized spacial score (nSPS) is 13.2. The lowest BCUT2D eigenvalue weighted by atomic mass is 10.2. The summed E-state index contributed by atoms with van der Waals surface area (Å²) < 4.78 is 36.9. The zero-order chi connectivity index (χ0) is 22.3. The van der Waals surface area contributed by atoms with Crippen molar-refractivity contribution in [2.24, 2.45) is 0 Å². The Labute approximate surface area is 179 Å². The minimum Gasteiger partial charge on any atom is -0.497 e. The fraction of sp³-hybridized carbons (Fsp3) is 0.263. The number of carbonyl (C=O) groups is 2. The number of aliphatic hydroxyl groups excluding tert-OH is 1. The van der Waals surface area contributed by atoms with E-state index in [0.29, 0.717) is 16.5 Å².